The highest BCUT2D eigenvalue weighted by atomic mass is 16.7. The first-order chi connectivity index (χ1) is 6.93. The fraction of sp³-hybridized carbons (Fsp3) is 0.909. The summed E-state index contributed by atoms with van der Waals surface area (Å²) in [6.45, 7) is 6.00. The zero-order valence-electron chi connectivity index (χ0n) is 9.51. The van der Waals surface area contributed by atoms with E-state index >= 15 is 0 Å². The molecule has 4 nitrogen and oxygen atoms in total. The summed E-state index contributed by atoms with van der Waals surface area (Å²) in [5.41, 5.74) is 0. The lowest BCUT2D eigenvalue weighted by atomic mass is 9.73. The summed E-state index contributed by atoms with van der Waals surface area (Å²) in [7, 11) is 0. The molecule has 0 radical (unpaired) electrons. The monoisotopic (exact) mass is 216 g/mol. The van der Waals surface area contributed by atoms with Crippen LogP contribution in [0.4, 0.5) is 4.79 Å². The van der Waals surface area contributed by atoms with Crippen molar-refractivity contribution >= 4 is 6.16 Å². The van der Waals surface area contributed by atoms with Crippen LogP contribution in [-0.4, -0.2) is 28.6 Å². The number of ether oxygens (including phenoxy) is 1. The Balaban J connectivity index is 2.74. The summed E-state index contributed by atoms with van der Waals surface area (Å²) in [5, 5.41) is 18.6. The van der Waals surface area contributed by atoms with Crippen LogP contribution in [0.1, 0.15) is 33.6 Å². The normalized spacial score (nSPS) is 36.6. The molecule has 0 aromatic rings. The van der Waals surface area contributed by atoms with Crippen molar-refractivity contribution in [2.24, 2.45) is 17.8 Å². The van der Waals surface area contributed by atoms with E-state index in [0.29, 0.717) is 5.92 Å². The van der Waals surface area contributed by atoms with Crippen LogP contribution in [0.15, 0.2) is 0 Å². The van der Waals surface area contributed by atoms with E-state index in [0.717, 1.165) is 12.8 Å². The number of hydrogen-bond donors (Lipinski definition) is 2. The molecule has 0 aromatic heterocycles. The lowest BCUT2D eigenvalue weighted by Crippen LogP contribution is -2.46. The van der Waals surface area contributed by atoms with Crippen LogP contribution >= 0.6 is 0 Å². The molecule has 0 amide bonds. The van der Waals surface area contributed by atoms with E-state index in [1.165, 1.54) is 0 Å². The third-order valence-corrected chi connectivity index (χ3v) is 3.39. The van der Waals surface area contributed by atoms with E-state index in [-0.39, 0.29) is 11.8 Å². The van der Waals surface area contributed by atoms with Crippen molar-refractivity contribution in [1.82, 2.24) is 0 Å². The second-order valence-electron chi connectivity index (χ2n) is 4.80. The minimum absolute atomic E-state index is 0.115. The van der Waals surface area contributed by atoms with Crippen LogP contribution in [0.25, 0.3) is 0 Å². The van der Waals surface area contributed by atoms with Gasteiger partial charge in [-0.1, -0.05) is 20.8 Å². The molecule has 0 bridgehead atoms. The molecule has 1 fully saturated rings. The Morgan fingerprint density at radius 3 is 2.47 bits per heavy atom. The highest BCUT2D eigenvalue weighted by Gasteiger charge is 2.40. The molecule has 1 rings (SSSR count). The smallest absolute Gasteiger partial charge is 0.450 e. The van der Waals surface area contributed by atoms with Gasteiger partial charge in [-0.25, -0.2) is 4.79 Å². The second kappa shape index (κ2) is 4.84. The quantitative estimate of drug-likeness (QED) is 0.694. The van der Waals surface area contributed by atoms with Gasteiger partial charge in [0.25, 0.3) is 0 Å². The average Bonchev–Trinajstić information content (AvgIpc) is 2.12. The first-order valence-electron chi connectivity index (χ1n) is 5.51. The molecular weight excluding hydrogens is 196 g/mol. The van der Waals surface area contributed by atoms with Crippen LogP contribution in [0.2, 0.25) is 0 Å². The summed E-state index contributed by atoms with van der Waals surface area (Å²) in [6.07, 6.45) is -0.663. The van der Waals surface area contributed by atoms with Gasteiger partial charge in [0, 0.05) is 5.92 Å². The summed E-state index contributed by atoms with van der Waals surface area (Å²) >= 11 is 0. The van der Waals surface area contributed by atoms with Crippen LogP contribution in [0, 0.1) is 17.8 Å². The van der Waals surface area contributed by atoms with Crippen molar-refractivity contribution in [2.45, 2.75) is 45.8 Å². The summed E-state index contributed by atoms with van der Waals surface area (Å²) in [6, 6.07) is 0. The Morgan fingerprint density at radius 2 is 2.00 bits per heavy atom. The average molecular weight is 216 g/mol. The lowest BCUT2D eigenvalue weighted by molar-refractivity contribution is -0.0989. The van der Waals surface area contributed by atoms with Crippen molar-refractivity contribution < 1.29 is 19.7 Å². The number of rotatable bonds is 2. The van der Waals surface area contributed by atoms with Crippen LogP contribution in [0.5, 0.6) is 0 Å². The van der Waals surface area contributed by atoms with E-state index in [1.807, 2.05) is 20.8 Å². The predicted octanol–water partition coefficient (Wildman–Crippen LogP) is 2.11. The maximum atomic E-state index is 10.6. The number of aliphatic hydroxyl groups excluding tert-OH is 1. The third kappa shape index (κ3) is 2.84. The molecule has 4 heteroatoms. The Kier molecular flexibility index (Phi) is 3.97. The van der Waals surface area contributed by atoms with Crippen molar-refractivity contribution in [1.29, 1.82) is 0 Å². The molecule has 4 atom stereocenters. The van der Waals surface area contributed by atoms with Gasteiger partial charge in [0.1, 0.15) is 6.10 Å². The van der Waals surface area contributed by atoms with Gasteiger partial charge in [-0.05, 0) is 24.7 Å². The minimum Gasteiger partial charge on any atom is -0.450 e. The molecule has 0 saturated heterocycles. The van der Waals surface area contributed by atoms with Crippen LogP contribution in [-0.2, 0) is 4.74 Å². The van der Waals surface area contributed by atoms with Crippen LogP contribution < -0.4 is 0 Å². The predicted molar refractivity (Wildman–Crippen MR) is 55.6 cm³/mol. The SMILES string of the molecule is CC(C)C1CCC(C)C(O)C1OC(=O)O. The first kappa shape index (κ1) is 12.3. The van der Waals surface area contributed by atoms with Gasteiger partial charge in [0.05, 0.1) is 6.10 Å². The maximum absolute atomic E-state index is 10.6. The van der Waals surface area contributed by atoms with E-state index in [2.05, 4.69) is 0 Å². The number of carboxylic acid groups (broad SMARTS) is 1. The molecule has 15 heavy (non-hydrogen) atoms. The molecule has 0 heterocycles. The molecule has 2 N–H and O–H groups in total. The van der Waals surface area contributed by atoms with Gasteiger partial charge in [-0.2, -0.15) is 0 Å². The van der Waals surface area contributed by atoms with E-state index in [4.69, 9.17) is 9.84 Å². The van der Waals surface area contributed by atoms with Crippen molar-refractivity contribution in [3.05, 3.63) is 0 Å². The van der Waals surface area contributed by atoms with Gasteiger partial charge in [-0.3, -0.25) is 0 Å². The Labute approximate surface area is 90.2 Å². The molecule has 0 spiro atoms. The summed E-state index contributed by atoms with van der Waals surface area (Å²) in [4.78, 5) is 10.6. The zero-order valence-corrected chi connectivity index (χ0v) is 9.51. The van der Waals surface area contributed by atoms with Crippen molar-refractivity contribution in [2.75, 3.05) is 0 Å². The third-order valence-electron chi connectivity index (χ3n) is 3.39. The Bertz CT molecular complexity index is 227. The number of hydrogen-bond acceptors (Lipinski definition) is 3. The van der Waals surface area contributed by atoms with E-state index < -0.39 is 18.4 Å². The zero-order chi connectivity index (χ0) is 11.6. The summed E-state index contributed by atoms with van der Waals surface area (Å²) in [5.74, 6) is 0.577. The molecule has 1 aliphatic rings. The molecule has 4 unspecified atom stereocenters. The van der Waals surface area contributed by atoms with Crippen LogP contribution in [0.3, 0.4) is 0 Å². The molecule has 1 aliphatic carbocycles. The van der Waals surface area contributed by atoms with Gasteiger partial charge in [0.2, 0.25) is 0 Å². The fourth-order valence-electron chi connectivity index (χ4n) is 2.35. The van der Waals surface area contributed by atoms with Gasteiger partial charge < -0.3 is 14.9 Å². The molecule has 0 aliphatic heterocycles. The molecular formula is C11H20O4. The highest BCUT2D eigenvalue weighted by Crippen LogP contribution is 2.35. The van der Waals surface area contributed by atoms with E-state index in [1.54, 1.807) is 0 Å². The van der Waals surface area contributed by atoms with Gasteiger partial charge in [-0.15, -0.1) is 0 Å². The minimum atomic E-state index is -1.29. The fourth-order valence-corrected chi connectivity index (χ4v) is 2.35. The van der Waals surface area contributed by atoms with Crippen molar-refractivity contribution in [3.8, 4) is 0 Å². The Morgan fingerprint density at radius 1 is 1.40 bits per heavy atom. The lowest BCUT2D eigenvalue weighted by Gasteiger charge is -2.39. The topological polar surface area (TPSA) is 66.8 Å². The molecule has 0 aromatic carbocycles. The van der Waals surface area contributed by atoms with E-state index in [9.17, 15) is 9.90 Å². The van der Waals surface area contributed by atoms with Gasteiger partial charge >= 0.3 is 6.16 Å². The molecule has 88 valence electrons. The maximum Gasteiger partial charge on any atom is 0.506 e. The standard InChI is InChI=1S/C11H20O4/c1-6(2)8-5-4-7(3)9(12)10(8)15-11(13)14/h6-10,12H,4-5H2,1-3H3,(H,13,14). The first-order valence-corrected chi connectivity index (χ1v) is 5.51. The number of aliphatic hydroxyl groups is 1. The number of carbonyl (C=O) groups is 1. The molecule has 1 saturated carbocycles. The highest BCUT2D eigenvalue weighted by molar-refractivity contribution is 5.57. The largest absolute Gasteiger partial charge is 0.506 e. The van der Waals surface area contributed by atoms with Crippen molar-refractivity contribution in [3.63, 3.8) is 0 Å². The Hall–Kier alpha value is -0.770. The second-order valence-corrected chi connectivity index (χ2v) is 4.80. The summed E-state index contributed by atoms with van der Waals surface area (Å²) < 4.78 is 4.81. The van der Waals surface area contributed by atoms with Gasteiger partial charge in [0.15, 0.2) is 0 Å².